The topological polar surface area (TPSA) is 106 Å². The number of halogens is 3. The van der Waals surface area contributed by atoms with Crippen LogP contribution in [0.25, 0.3) is 0 Å². The van der Waals surface area contributed by atoms with Gasteiger partial charge in [-0.3, -0.25) is 10.1 Å². The molecule has 0 radical (unpaired) electrons. The van der Waals surface area contributed by atoms with Gasteiger partial charge in [0, 0.05) is 24.1 Å². The lowest BCUT2D eigenvalue weighted by molar-refractivity contribution is 0.0975. The van der Waals surface area contributed by atoms with Gasteiger partial charge in [0.2, 0.25) is 0 Å². The standard InChI is InChI=1S/C22H28F3N5O/c1-4-13(3)28-22(30-21(31)15-7-8-16(23)18(25)10-15)29-20(27)11-19(26)14-6-5-12(2)17(24)9-14/h5-10,13,19-20H,4,11,26-27H2,1-3H3,(H2,28,29,30,31). The van der Waals surface area contributed by atoms with Crippen LogP contribution in [-0.4, -0.2) is 24.1 Å². The zero-order chi connectivity index (χ0) is 23.1. The first kappa shape index (κ1) is 24.4. The SMILES string of the molecule is CCC(C)NC(=NC(N)CC(N)c1ccc(C)c(F)c1)NC(=O)c1ccc(F)c(F)c1. The summed E-state index contributed by atoms with van der Waals surface area (Å²) in [6.07, 6.45) is 0.114. The molecule has 0 fully saturated rings. The molecule has 0 aromatic heterocycles. The van der Waals surface area contributed by atoms with Crippen LogP contribution in [0.2, 0.25) is 0 Å². The molecule has 31 heavy (non-hydrogen) atoms. The van der Waals surface area contributed by atoms with Crippen LogP contribution in [0.1, 0.15) is 54.2 Å². The fourth-order valence-electron chi connectivity index (χ4n) is 2.71. The molecule has 0 saturated carbocycles. The maximum Gasteiger partial charge on any atom is 0.258 e. The van der Waals surface area contributed by atoms with Crippen LogP contribution in [0.4, 0.5) is 13.2 Å². The van der Waals surface area contributed by atoms with E-state index in [1.54, 1.807) is 19.1 Å². The third-order valence-electron chi connectivity index (χ3n) is 4.82. The van der Waals surface area contributed by atoms with Gasteiger partial charge >= 0.3 is 0 Å². The van der Waals surface area contributed by atoms with Gasteiger partial charge in [0.25, 0.3) is 5.91 Å². The highest BCUT2D eigenvalue weighted by atomic mass is 19.2. The highest BCUT2D eigenvalue weighted by Crippen LogP contribution is 2.18. The van der Waals surface area contributed by atoms with Gasteiger partial charge in [-0.15, -0.1) is 0 Å². The van der Waals surface area contributed by atoms with Crippen molar-refractivity contribution in [3.63, 3.8) is 0 Å². The highest BCUT2D eigenvalue weighted by molar-refractivity contribution is 6.05. The molecule has 6 nitrogen and oxygen atoms in total. The van der Waals surface area contributed by atoms with Crippen molar-refractivity contribution in [3.8, 4) is 0 Å². The maximum absolute atomic E-state index is 13.8. The number of hydrogen-bond donors (Lipinski definition) is 4. The van der Waals surface area contributed by atoms with Crippen molar-refractivity contribution < 1.29 is 18.0 Å². The van der Waals surface area contributed by atoms with Crippen molar-refractivity contribution in [3.05, 3.63) is 70.5 Å². The Balaban J connectivity index is 2.15. The molecule has 2 rings (SSSR count). The minimum Gasteiger partial charge on any atom is -0.354 e. The Hall–Kier alpha value is -2.91. The van der Waals surface area contributed by atoms with Crippen molar-refractivity contribution in [2.24, 2.45) is 16.5 Å². The van der Waals surface area contributed by atoms with Crippen LogP contribution in [0, 0.1) is 24.4 Å². The molecular formula is C22H28F3N5O. The van der Waals surface area contributed by atoms with Gasteiger partial charge in [-0.05, 0) is 55.7 Å². The molecular weight excluding hydrogens is 407 g/mol. The molecule has 6 N–H and O–H groups in total. The van der Waals surface area contributed by atoms with Crippen LogP contribution >= 0.6 is 0 Å². The minimum atomic E-state index is -1.13. The Labute approximate surface area is 179 Å². The van der Waals surface area contributed by atoms with Crippen molar-refractivity contribution in [2.75, 3.05) is 0 Å². The molecule has 9 heteroatoms. The lowest BCUT2D eigenvalue weighted by Gasteiger charge is -2.20. The van der Waals surface area contributed by atoms with Gasteiger partial charge in [-0.2, -0.15) is 0 Å². The first-order valence-electron chi connectivity index (χ1n) is 9.98. The molecule has 3 unspecified atom stereocenters. The van der Waals surface area contributed by atoms with E-state index < -0.39 is 29.7 Å². The number of carbonyl (C=O) groups is 1. The average Bonchev–Trinajstić information content (AvgIpc) is 2.71. The molecule has 0 aliphatic heterocycles. The van der Waals surface area contributed by atoms with Crippen molar-refractivity contribution >= 4 is 11.9 Å². The zero-order valence-corrected chi connectivity index (χ0v) is 17.8. The molecule has 0 spiro atoms. The second kappa shape index (κ2) is 10.9. The van der Waals surface area contributed by atoms with Crippen LogP contribution in [0.3, 0.4) is 0 Å². The van der Waals surface area contributed by atoms with Gasteiger partial charge in [-0.25, -0.2) is 18.2 Å². The number of aliphatic imine (C=N–C) groups is 1. The summed E-state index contributed by atoms with van der Waals surface area (Å²) >= 11 is 0. The summed E-state index contributed by atoms with van der Waals surface area (Å²) in [5.74, 6) is -3.13. The molecule has 0 bridgehead atoms. The van der Waals surface area contributed by atoms with E-state index >= 15 is 0 Å². The fraction of sp³-hybridized carbons (Fsp3) is 0.364. The summed E-state index contributed by atoms with van der Waals surface area (Å²) in [5.41, 5.74) is 13.3. The summed E-state index contributed by atoms with van der Waals surface area (Å²) in [7, 11) is 0. The summed E-state index contributed by atoms with van der Waals surface area (Å²) in [4.78, 5) is 16.7. The van der Waals surface area contributed by atoms with Gasteiger partial charge in [0.1, 0.15) is 12.0 Å². The average molecular weight is 435 g/mol. The number of rotatable bonds is 7. The van der Waals surface area contributed by atoms with E-state index in [0.29, 0.717) is 11.1 Å². The summed E-state index contributed by atoms with van der Waals surface area (Å²) in [6, 6.07) is 6.94. The number of amides is 1. The van der Waals surface area contributed by atoms with E-state index in [1.807, 2.05) is 13.8 Å². The number of hydrogen-bond acceptors (Lipinski definition) is 4. The Bertz CT molecular complexity index is 951. The van der Waals surface area contributed by atoms with Crippen molar-refractivity contribution in [1.29, 1.82) is 0 Å². The number of nitrogens with zero attached hydrogens (tertiary/aromatic N) is 1. The van der Waals surface area contributed by atoms with Crippen LogP contribution in [0.5, 0.6) is 0 Å². The summed E-state index contributed by atoms with van der Waals surface area (Å²) in [6.45, 7) is 5.48. The Morgan fingerprint density at radius 2 is 1.77 bits per heavy atom. The predicted octanol–water partition coefficient (Wildman–Crippen LogP) is 3.26. The molecule has 0 heterocycles. The molecule has 0 aliphatic rings. The lowest BCUT2D eigenvalue weighted by atomic mass is 10.0. The second-order valence-corrected chi connectivity index (χ2v) is 7.43. The van der Waals surface area contributed by atoms with Gasteiger partial charge in [0.05, 0.1) is 0 Å². The largest absolute Gasteiger partial charge is 0.354 e. The van der Waals surface area contributed by atoms with Crippen molar-refractivity contribution in [2.45, 2.75) is 51.9 Å². The third-order valence-corrected chi connectivity index (χ3v) is 4.82. The predicted molar refractivity (Wildman–Crippen MR) is 115 cm³/mol. The summed E-state index contributed by atoms with van der Waals surface area (Å²) < 4.78 is 40.4. The molecule has 3 atom stereocenters. The van der Waals surface area contributed by atoms with Gasteiger partial charge in [-0.1, -0.05) is 19.1 Å². The first-order chi connectivity index (χ1) is 14.6. The maximum atomic E-state index is 13.8. The van der Waals surface area contributed by atoms with E-state index in [2.05, 4.69) is 15.6 Å². The van der Waals surface area contributed by atoms with E-state index in [4.69, 9.17) is 11.5 Å². The van der Waals surface area contributed by atoms with Crippen LogP contribution < -0.4 is 22.1 Å². The fourth-order valence-corrected chi connectivity index (χ4v) is 2.71. The van der Waals surface area contributed by atoms with E-state index in [-0.39, 0.29) is 29.8 Å². The number of nitrogens with one attached hydrogen (secondary N) is 2. The molecule has 168 valence electrons. The molecule has 2 aromatic rings. The Kier molecular flexibility index (Phi) is 8.58. The van der Waals surface area contributed by atoms with Crippen LogP contribution in [-0.2, 0) is 0 Å². The number of nitrogens with two attached hydrogens (primary N) is 2. The zero-order valence-electron chi connectivity index (χ0n) is 17.8. The monoisotopic (exact) mass is 435 g/mol. The second-order valence-electron chi connectivity index (χ2n) is 7.43. The smallest absolute Gasteiger partial charge is 0.258 e. The third kappa shape index (κ3) is 7.08. The van der Waals surface area contributed by atoms with E-state index in [0.717, 1.165) is 24.6 Å². The van der Waals surface area contributed by atoms with Crippen LogP contribution in [0.15, 0.2) is 41.4 Å². The van der Waals surface area contributed by atoms with Gasteiger partial charge in [0.15, 0.2) is 17.6 Å². The number of carbonyl (C=O) groups excluding carboxylic acids is 1. The number of guanidine groups is 1. The number of aryl methyl sites for hydroxylation is 1. The number of benzene rings is 2. The highest BCUT2D eigenvalue weighted by Gasteiger charge is 2.17. The van der Waals surface area contributed by atoms with E-state index in [9.17, 15) is 18.0 Å². The van der Waals surface area contributed by atoms with E-state index in [1.165, 1.54) is 6.07 Å². The molecule has 0 aliphatic carbocycles. The van der Waals surface area contributed by atoms with Crippen molar-refractivity contribution in [1.82, 2.24) is 10.6 Å². The Morgan fingerprint density at radius 3 is 2.39 bits per heavy atom. The summed E-state index contributed by atoms with van der Waals surface area (Å²) in [5, 5.41) is 5.56. The normalized spacial score (nSPS) is 14.6. The Morgan fingerprint density at radius 1 is 1.06 bits per heavy atom. The molecule has 1 amide bonds. The first-order valence-corrected chi connectivity index (χ1v) is 9.98. The minimum absolute atomic E-state index is 0.0453. The lowest BCUT2D eigenvalue weighted by Crippen LogP contribution is -2.46. The molecule has 2 aromatic carbocycles. The quantitative estimate of drug-likeness (QED) is 0.396. The van der Waals surface area contributed by atoms with Gasteiger partial charge < -0.3 is 16.8 Å². The molecule has 0 saturated heterocycles.